The zero-order valence-corrected chi connectivity index (χ0v) is 6.74. The lowest BCUT2D eigenvalue weighted by molar-refractivity contribution is 0.0661. The fourth-order valence-electron chi connectivity index (χ4n) is 1.42. The lowest BCUT2D eigenvalue weighted by Gasteiger charge is -2.42. The van der Waals surface area contributed by atoms with Gasteiger partial charge in [-0.15, -0.1) is 0 Å². The van der Waals surface area contributed by atoms with Crippen LogP contribution in [0.1, 0.15) is 6.42 Å². The van der Waals surface area contributed by atoms with Crippen molar-refractivity contribution in [3.05, 3.63) is 0 Å². The largest absolute Gasteiger partial charge is 0.383 e. The van der Waals surface area contributed by atoms with Crippen LogP contribution in [-0.2, 0) is 4.74 Å². The molecule has 2 N–H and O–H groups in total. The molecule has 0 aromatic carbocycles. The standard InChI is InChI=1S/C7H16N2O/c1-8-5-7(6-10-2)3-4-9-7/h8-9H,3-6H2,1-2H3. The fraction of sp³-hybridized carbons (Fsp3) is 1.00. The van der Waals surface area contributed by atoms with Crippen molar-refractivity contribution in [3.63, 3.8) is 0 Å². The average molecular weight is 144 g/mol. The van der Waals surface area contributed by atoms with Crippen LogP contribution < -0.4 is 10.6 Å². The quantitative estimate of drug-likeness (QED) is 0.562. The third-order valence-corrected chi connectivity index (χ3v) is 2.04. The second kappa shape index (κ2) is 3.32. The molecular formula is C7H16N2O. The number of hydrogen-bond acceptors (Lipinski definition) is 3. The molecule has 10 heavy (non-hydrogen) atoms. The normalized spacial score (nSPS) is 31.8. The Bertz CT molecular complexity index is 93.8. The molecular weight excluding hydrogens is 128 g/mol. The molecule has 3 nitrogen and oxygen atoms in total. The number of hydrogen-bond donors (Lipinski definition) is 2. The number of methoxy groups -OCH3 is 1. The van der Waals surface area contributed by atoms with Crippen LogP contribution in [0.5, 0.6) is 0 Å². The highest BCUT2D eigenvalue weighted by molar-refractivity contribution is 4.97. The molecule has 0 spiro atoms. The van der Waals surface area contributed by atoms with Crippen molar-refractivity contribution >= 4 is 0 Å². The first kappa shape index (κ1) is 7.98. The van der Waals surface area contributed by atoms with Gasteiger partial charge in [0.1, 0.15) is 0 Å². The monoisotopic (exact) mass is 144 g/mol. The van der Waals surface area contributed by atoms with Gasteiger partial charge in [0, 0.05) is 13.7 Å². The Labute approximate surface area is 62.1 Å². The Morgan fingerprint density at radius 3 is 2.70 bits per heavy atom. The number of likely N-dealkylation sites (N-methyl/N-ethyl adjacent to an activating group) is 1. The van der Waals surface area contributed by atoms with Gasteiger partial charge in [-0.3, -0.25) is 0 Å². The Morgan fingerprint density at radius 2 is 2.40 bits per heavy atom. The van der Waals surface area contributed by atoms with E-state index in [9.17, 15) is 0 Å². The van der Waals surface area contributed by atoms with E-state index in [0.29, 0.717) is 0 Å². The van der Waals surface area contributed by atoms with Gasteiger partial charge in [-0.2, -0.15) is 0 Å². The summed E-state index contributed by atoms with van der Waals surface area (Å²) < 4.78 is 5.10. The average Bonchev–Trinajstić information content (AvgIpc) is 1.84. The molecule has 1 saturated heterocycles. The number of nitrogens with one attached hydrogen (secondary N) is 2. The first-order valence-electron chi connectivity index (χ1n) is 3.71. The molecule has 1 atom stereocenters. The highest BCUT2D eigenvalue weighted by atomic mass is 16.5. The Kier molecular flexibility index (Phi) is 2.65. The lowest BCUT2D eigenvalue weighted by atomic mass is 9.89. The number of ether oxygens (including phenoxy) is 1. The van der Waals surface area contributed by atoms with Gasteiger partial charge in [0.05, 0.1) is 12.1 Å². The molecule has 60 valence electrons. The summed E-state index contributed by atoms with van der Waals surface area (Å²) in [6, 6.07) is 0. The SMILES string of the molecule is CNCC1(COC)CCN1. The van der Waals surface area contributed by atoms with Gasteiger partial charge in [0.25, 0.3) is 0 Å². The predicted octanol–water partition coefficient (Wildman–Crippen LogP) is -0.416. The van der Waals surface area contributed by atoms with Crippen LogP contribution in [-0.4, -0.2) is 39.4 Å². The van der Waals surface area contributed by atoms with E-state index in [-0.39, 0.29) is 5.54 Å². The van der Waals surface area contributed by atoms with Gasteiger partial charge in [-0.25, -0.2) is 0 Å². The van der Waals surface area contributed by atoms with Gasteiger partial charge in [-0.05, 0) is 20.0 Å². The summed E-state index contributed by atoms with van der Waals surface area (Å²) in [5, 5.41) is 6.53. The molecule has 0 aromatic heterocycles. The highest BCUT2D eigenvalue weighted by Gasteiger charge is 2.35. The molecule has 1 rings (SSSR count). The van der Waals surface area contributed by atoms with Crippen LogP contribution in [0, 0.1) is 0 Å². The van der Waals surface area contributed by atoms with E-state index in [0.717, 1.165) is 19.7 Å². The summed E-state index contributed by atoms with van der Waals surface area (Å²) in [5.41, 5.74) is 0.240. The molecule has 3 heteroatoms. The maximum absolute atomic E-state index is 5.10. The molecule has 1 aliphatic heterocycles. The first-order chi connectivity index (χ1) is 4.83. The minimum absolute atomic E-state index is 0.240. The minimum atomic E-state index is 0.240. The molecule has 1 aliphatic rings. The van der Waals surface area contributed by atoms with Gasteiger partial charge < -0.3 is 15.4 Å². The van der Waals surface area contributed by atoms with Crippen LogP contribution in [0.15, 0.2) is 0 Å². The van der Waals surface area contributed by atoms with Crippen molar-refractivity contribution in [2.24, 2.45) is 0 Å². The zero-order chi connectivity index (χ0) is 7.45. The molecule has 1 fully saturated rings. The van der Waals surface area contributed by atoms with E-state index < -0.39 is 0 Å². The second-order valence-electron chi connectivity index (χ2n) is 2.92. The molecule has 0 radical (unpaired) electrons. The van der Waals surface area contributed by atoms with Crippen molar-refractivity contribution in [2.75, 3.05) is 33.9 Å². The van der Waals surface area contributed by atoms with Gasteiger partial charge >= 0.3 is 0 Å². The van der Waals surface area contributed by atoms with Crippen LogP contribution in [0.3, 0.4) is 0 Å². The van der Waals surface area contributed by atoms with Crippen LogP contribution in [0.4, 0.5) is 0 Å². The van der Waals surface area contributed by atoms with Gasteiger partial charge in [0.15, 0.2) is 0 Å². The van der Waals surface area contributed by atoms with Crippen LogP contribution >= 0.6 is 0 Å². The van der Waals surface area contributed by atoms with E-state index in [4.69, 9.17) is 4.74 Å². The maximum Gasteiger partial charge on any atom is 0.0657 e. The van der Waals surface area contributed by atoms with E-state index in [2.05, 4.69) is 10.6 Å². The van der Waals surface area contributed by atoms with E-state index in [1.165, 1.54) is 6.42 Å². The van der Waals surface area contributed by atoms with Crippen molar-refractivity contribution < 1.29 is 4.74 Å². The van der Waals surface area contributed by atoms with Gasteiger partial charge in [0.2, 0.25) is 0 Å². The molecule has 1 unspecified atom stereocenters. The highest BCUT2D eigenvalue weighted by Crippen LogP contribution is 2.17. The molecule has 0 saturated carbocycles. The smallest absolute Gasteiger partial charge is 0.0657 e. The Balaban J connectivity index is 2.27. The van der Waals surface area contributed by atoms with Crippen molar-refractivity contribution in [1.29, 1.82) is 0 Å². The third-order valence-electron chi connectivity index (χ3n) is 2.04. The second-order valence-corrected chi connectivity index (χ2v) is 2.92. The first-order valence-corrected chi connectivity index (χ1v) is 3.71. The van der Waals surface area contributed by atoms with E-state index in [1.54, 1.807) is 7.11 Å². The van der Waals surface area contributed by atoms with Gasteiger partial charge in [-0.1, -0.05) is 0 Å². The van der Waals surface area contributed by atoms with Crippen LogP contribution in [0.2, 0.25) is 0 Å². The van der Waals surface area contributed by atoms with Crippen molar-refractivity contribution in [1.82, 2.24) is 10.6 Å². The topological polar surface area (TPSA) is 33.3 Å². The fourth-order valence-corrected chi connectivity index (χ4v) is 1.42. The Morgan fingerprint density at radius 1 is 1.70 bits per heavy atom. The summed E-state index contributed by atoms with van der Waals surface area (Å²) in [6.45, 7) is 2.94. The summed E-state index contributed by atoms with van der Waals surface area (Å²) in [6.07, 6.45) is 1.22. The minimum Gasteiger partial charge on any atom is -0.383 e. The zero-order valence-electron chi connectivity index (χ0n) is 6.74. The van der Waals surface area contributed by atoms with Crippen molar-refractivity contribution in [3.8, 4) is 0 Å². The summed E-state index contributed by atoms with van der Waals surface area (Å²) >= 11 is 0. The molecule has 1 heterocycles. The lowest BCUT2D eigenvalue weighted by Crippen LogP contribution is -2.64. The summed E-state index contributed by atoms with van der Waals surface area (Å²) in [4.78, 5) is 0. The molecule has 0 aromatic rings. The van der Waals surface area contributed by atoms with E-state index in [1.807, 2.05) is 7.05 Å². The molecule has 0 bridgehead atoms. The molecule has 0 aliphatic carbocycles. The maximum atomic E-state index is 5.10. The predicted molar refractivity (Wildman–Crippen MR) is 41.2 cm³/mol. The number of rotatable bonds is 4. The molecule has 0 amide bonds. The third kappa shape index (κ3) is 1.48. The van der Waals surface area contributed by atoms with Crippen molar-refractivity contribution in [2.45, 2.75) is 12.0 Å². The van der Waals surface area contributed by atoms with Crippen LogP contribution in [0.25, 0.3) is 0 Å². The summed E-state index contributed by atoms with van der Waals surface area (Å²) in [7, 11) is 3.72. The Hall–Kier alpha value is -0.120. The summed E-state index contributed by atoms with van der Waals surface area (Å²) in [5.74, 6) is 0. The van der Waals surface area contributed by atoms with E-state index >= 15 is 0 Å².